The van der Waals surface area contributed by atoms with Crippen LogP contribution in [0.5, 0.6) is 0 Å². The van der Waals surface area contributed by atoms with E-state index >= 15 is 0 Å². The molecule has 0 amide bonds. The molecular formula is C17H27N5. The van der Waals surface area contributed by atoms with Gasteiger partial charge in [-0.3, -0.25) is 0 Å². The molecule has 0 unspecified atom stereocenters. The highest BCUT2D eigenvalue weighted by Gasteiger charge is 2.17. The molecule has 2 heterocycles. The zero-order valence-corrected chi connectivity index (χ0v) is 14.0. The van der Waals surface area contributed by atoms with Gasteiger partial charge in [0.25, 0.3) is 0 Å². The minimum absolute atomic E-state index is 0.561. The summed E-state index contributed by atoms with van der Waals surface area (Å²) < 4.78 is 0. The van der Waals surface area contributed by atoms with Crippen molar-refractivity contribution >= 4 is 5.95 Å². The van der Waals surface area contributed by atoms with Crippen LogP contribution in [0.2, 0.25) is 0 Å². The molecule has 22 heavy (non-hydrogen) atoms. The fourth-order valence-electron chi connectivity index (χ4n) is 3.04. The van der Waals surface area contributed by atoms with Gasteiger partial charge in [0.2, 0.25) is 5.95 Å². The SMILES string of the molecule is CCN(CCCC1CCN(C)CC1)c1ncc(C#N)c(C)n1. The van der Waals surface area contributed by atoms with Gasteiger partial charge in [-0.15, -0.1) is 0 Å². The largest absolute Gasteiger partial charge is 0.341 e. The van der Waals surface area contributed by atoms with E-state index in [0.29, 0.717) is 5.56 Å². The average molecular weight is 301 g/mol. The second-order valence-corrected chi connectivity index (χ2v) is 6.25. The van der Waals surface area contributed by atoms with Crippen molar-refractivity contribution in [1.29, 1.82) is 5.26 Å². The second-order valence-electron chi connectivity index (χ2n) is 6.25. The van der Waals surface area contributed by atoms with E-state index in [1.165, 1.54) is 38.8 Å². The molecular weight excluding hydrogens is 274 g/mol. The van der Waals surface area contributed by atoms with E-state index < -0.39 is 0 Å². The molecule has 1 aromatic heterocycles. The van der Waals surface area contributed by atoms with Crippen LogP contribution in [0.15, 0.2) is 6.20 Å². The molecule has 1 saturated heterocycles. The fraction of sp³-hybridized carbons (Fsp3) is 0.706. The fourth-order valence-corrected chi connectivity index (χ4v) is 3.04. The molecule has 1 fully saturated rings. The van der Waals surface area contributed by atoms with E-state index in [0.717, 1.165) is 30.6 Å². The summed E-state index contributed by atoms with van der Waals surface area (Å²) in [6.45, 7) is 8.37. The number of anilines is 1. The maximum absolute atomic E-state index is 8.96. The third-order valence-corrected chi connectivity index (χ3v) is 4.63. The molecule has 0 spiro atoms. The minimum atomic E-state index is 0.561. The number of aromatic nitrogens is 2. The number of rotatable bonds is 6. The summed E-state index contributed by atoms with van der Waals surface area (Å²) in [6, 6.07) is 2.12. The highest BCUT2D eigenvalue weighted by molar-refractivity contribution is 5.37. The van der Waals surface area contributed by atoms with Crippen LogP contribution >= 0.6 is 0 Å². The average Bonchev–Trinajstić information content (AvgIpc) is 2.53. The van der Waals surface area contributed by atoms with Gasteiger partial charge in [-0.05, 0) is 65.6 Å². The normalized spacial score (nSPS) is 16.5. The molecule has 0 N–H and O–H groups in total. The molecule has 1 aromatic rings. The minimum Gasteiger partial charge on any atom is -0.341 e. The molecule has 1 aliphatic rings. The topological polar surface area (TPSA) is 56.0 Å². The van der Waals surface area contributed by atoms with E-state index in [1.54, 1.807) is 6.20 Å². The van der Waals surface area contributed by atoms with Crippen molar-refractivity contribution in [3.05, 3.63) is 17.5 Å². The van der Waals surface area contributed by atoms with E-state index in [9.17, 15) is 0 Å². The maximum Gasteiger partial charge on any atom is 0.225 e. The van der Waals surface area contributed by atoms with Crippen LogP contribution < -0.4 is 4.90 Å². The quantitative estimate of drug-likeness (QED) is 0.808. The van der Waals surface area contributed by atoms with Crippen LogP contribution in [0, 0.1) is 24.2 Å². The highest BCUT2D eigenvalue weighted by atomic mass is 15.2. The van der Waals surface area contributed by atoms with Gasteiger partial charge in [-0.25, -0.2) is 9.97 Å². The van der Waals surface area contributed by atoms with Gasteiger partial charge in [0.15, 0.2) is 0 Å². The van der Waals surface area contributed by atoms with Crippen molar-refractivity contribution in [1.82, 2.24) is 14.9 Å². The lowest BCUT2D eigenvalue weighted by Crippen LogP contribution is -2.31. The van der Waals surface area contributed by atoms with E-state index in [1.807, 2.05) is 6.92 Å². The Morgan fingerprint density at radius 2 is 2.14 bits per heavy atom. The molecule has 0 atom stereocenters. The van der Waals surface area contributed by atoms with Gasteiger partial charge in [-0.1, -0.05) is 0 Å². The summed E-state index contributed by atoms with van der Waals surface area (Å²) in [6.07, 6.45) is 6.77. The van der Waals surface area contributed by atoms with Gasteiger partial charge >= 0.3 is 0 Å². The van der Waals surface area contributed by atoms with Crippen LogP contribution in [0.4, 0.5) is 5.95 Å². The van der Waals surface area contributed by atoms with E-state index in [4.69, 9.17) is 5.26 Å². The lowest BCUT2D eigenvalue weighted by molar-refractivity contribution is 0.210. The Kier molecular flexibility index (Phi) is 6.14. The van der Waals surface area contributed by atoms with Crippen molar-refractivity contribution in [3.8, 4) is 6.07 Å². The van der Waals surface area contributed by atoms with Crippen LogP contribution in [-0.2, 0) is 0 Å². The lowest BCUT2D eigenvalue weighted by Gasteiger charge is -2.29. The maximum atomic E-state index is 8.96. The monoisotopic (exact) mass is 301 g/mol. The summed E-state index contributed by atoms with van der Waals surface area (Å²) in [7, 11) is 2.21. The third kappa shape index (κ3) is 4.41. The number of likely N-dealkylation sites (tertiary alicyclic amines) is 1. The lowest BCUT2D eigenvalue weighted by atomic mass is 9.92. The standard InChI is InChI=1S/C17H27N5/c1-4-22(17-19-13-16(12-18)14(2)20-17)9-5-6-15-7-10-21(3)11-8-15/h13,15H,4-11H2,1-3H3. The Morgan fingerprint density at radius 1 is 1.41 bits per heavy atom. The number of hydrogen-bond acceptors (Lipinski definition) is 5. The first-order valence-corrected chi connectivity index (χ1v) is 8.31. The Morgan fingerprint density at radius 3 is 2.73 bits per heavy atom. The van der Waals surface area contributed by atoms with Gasteiger partial charge in [0, 0.05) is 13.1 Å². The first kappa shape index (κ1) is 16.7. The summed E-state index contributed by atoms with van der Waals surface area (Å²) >= 11 is 0. The summed E-state index contributed by atoms with van der Waals surface area (Å²) in [4.78, 5) is 13.4. The third-order valence-electron chi connectivity index (χ3n) is 4.63. The summed E-state index contributed by atoms with van der Waals surface area (Å²) in [5.74, 6) is 1.63. The first-order valence-electron chi connectivity index (χ1n) is 8.31. The number of piperidine rings is 1. The Bertz CT molecular complexity index is 514. The van der Waals surface area contributed by atoms with Gasteiger partial charge < -0.3 is 9.80 Å². The van der Waals surface area contributed by atoms with Gasteiger partial charge in [-0.2, -0.15) is 5.26 Å². The molecule has 120 valence electrons. The Labute approximate surface area is 134 Å². The second kappa shape index (κ2) is 8.09. The van der Waals surface area contributed by atoms with E-state index in [2.05, 4.69) is 39.8 Å². The predicted molar refractivity (Wildman–Crippen MR) is 88.8 cm³/mol. The van der Waals surface area contributed by atoms with Crippen LogP contribution in [0.1, 0.15) is 43.9 Å². The van der Waals surface area contributed by atoms with Crippen molar-refractivity contribution in [2.45, 2.75) is 39.5 Å². The molecule has 1 aliphatic heterocycles. The molecule has 5 nitrogen and oxygen atoms in total. The zero-order chi connectivity index (χ0) is 15.9. The van der Waals surface area contributed by atoms with E-state index in [-0.39, 0.29) is 0 Å². The molecule has 5 heteroatoms. The van der Waals surface area contributed by atoms with Gasteiger partial charge in [0.1, 0.15) is 6.07 Å². The van der Waals surface area contributed by atoms with Crippen LogP contribution in [-0.4, -0.2) is 48.1 Å². The molecule has 0 aliphatic carbocycles. The Hall–Kier alpha value is -1.67. The zero-order valence-electron chi connectivity index (χ0n) is 14.0. The Balaban J connectivity index is 1.84. The molecule has 0 saturated carbocycles. The van der Waals surface area contributed by atoms with Crippen molar-refractivity contribution < 1.29 is 0 Å². The van der Waals surface area contributed by atoms with Crippen LogP contribution in [0.25, 0.3) is 0 Å². The van der Waals surface area contributed by atoms with Crippen LogP contribution in [0.3, 0.4) is 0 Å². The number of hydrogen-bond donors (Lipinski definition) is 0. The number of aryl methyl sites for hydroxylation is 1. The van der Waals surface area contributed by atoms with Crippen molar-refractivity contribution in [3.63, 3.8) is 0 Å². The van der Waals surface area contributed by atoms with Crippen molar-refractivity contribution in [2.24, 2.45) is 5.92 Å². The molecule has 2 rings (SSSR count). The first-order chi connectivity index (χ1) is 10.6. The molecule has 0 bridgehead atoms. The summed E-state index contributed by atoms with van der Waals surface area (Å²) in [5.41, 5.74) is 1.33. The number of nitriles is 1. The number of nitrogens with zero attached hydrogens (tertiary/aromatic N) is 5. The predicted octanol–water partition coefficient (Wildman–Crippen LogP) is 2.61. The molecule has 0 radical (unpaired) electrons. The smallest absolute Gasteiger partial charge is 0.225 e. The van der Waals surface area contributed by atoms with Gasteiger partial charge in [0.05, 0.1) is 17.5 Å². The van der Waals surface area contributed by atoms with Crippen molar-refractivity contribution in [2.75, 3.05) is 38.1 Å². The summed E-state index contributed by atoms with van der Waals surface area (Å²) in [5, 5.41) is 8.96. The molecule has 0 aromatic carbocycles. The highest BCUT2D eigenvalue weighted by Crippen LogP contribution is 2.21.